The zero-order chi connectivity index (χ0) is 13.0. The van der Waals surface area contributed by atoms with E-state index >= 15 is 0 Å². The normalized spacial score (nSPS) is 11.3. The zero-order valence-corrected chi connectivity index (χ0v) is 10.2. The summed E-state index contributed by atoms with van der Waals surface area (Å²) in [6, 6.07) is 18.7. The van der Waals surface area contributed by atoms with Crippen molar-refractivity contribution < 1.29 is 0 Å². The average Bonchev–Trinajstić information content (AvgIpc) is 2.42. The fraction of sp³-hybridized carbons (Fsp3) is 0.0667. The van der Waals surface area contributed by atoms with Crippen molar-refractivity contribution in [2.75, 3.05) is 0 Å². The molecule has 18 heavy (non-hydrogen) atoms. The van der Waals surface area contributed by atoms with E-state index in [0.717, 1.165) is 5.56 Å². The SMILES string of the molecule is N#Cc1cc(Cl)ccc1C(C#N)c1ccccc1. The van der Waals surface area contributed by atoms with Crippen LogP contribution >= 0.6 is 11.6 Å². The van der Waals surface area contributed by atoms with Crippen molar-refractivity contribution in [1.82, 2.24) is 0 Å². The quantitative estimate of drug-likeness (QED) is 0.815. The second kappa shape index (κ2) is 5.36. The summed E-state index contributed by atoms with van der Waals surface area (Å²) in [7, 11) is 0. The van der Waals surface area contributed by atoms with Gasteiger partial charge in [0.1, 0.15) is 0 Å². The number of rotatable bonds is 2. The topological polar surface area (TPSA) is 47.6 Å². The summed E-state index contributed by atoms with van der Waals surface area (Å²) >= 11 is 5.86. The van der Waals surface area contributed by atoms with Crippen LogP contribution < -0.4 is 0 Å². The third-order valence-electron chi connectivity index (χ3n) is 2.71. The smallest absolute Gasteiger partial charge is 0.0995 e. The Balaban J connectivity index is 2.54. The van der Waals surface area contributed by atoms with Crippen LogP contribution in [0.2, 0.25) is 5.02 Å². The molecule has 0 aliphatic carbocycles. The third-order valence-corrected chi connectivity index (χ3v) is 2.94. The fourth-order valence-electron chi connectivity index (χ4n) is 1.85. The lowest BCUT2D eigenvalue weighted by atomic mass is 9.89. The maximum absolute atomic E-state index is 9.33. The molecule has 0 N–H and O–H groups in total. The van der Waals surface area contributed by atoms with E-state index in [4.69, 9.17) is 16.9 Å². The minimum Gasteiger partial charge on any atom is -0.197 e. The van der Waals surface area contributed by atoms with E-state index in [2.05, 4.69) is 12.1 Å². The second-order valence-corrected chi connectivity index (χ2v) is 4.25. The molecule has 2 rings (SSSR count). The largest absolute Gasteiger partial charge is 0.197 e. The highest BCUT2D eigenvalue weighted by Gasteiger charge is 2.17. The summed E-state index contributed by atoms with van der Waals surface area (Å²) in [5.74, 6) is -0.446. The molecule has 2 aromatic carbocycles. The van der Waals surface area contributed by atoms with Gasteiger partial charge in [-0.3, -0.25) is 0 Å². The molecule has 3 heteroatoms. The molecular formula is C15H9ClN2. The van der Waals surface area contributed by atoms with Gasteiger partial charge in [-0.2, -0.15) is 10.5 Å². The zero-order valence-electron chi connectivity index (χ0n) is 9.47. The van der Waals surface area contributed by atoms with Gasteiger partial charge in [0.25, 0.3) is 0 Å². The number of halogens is 1. The van der Waals surface area contributed by atoms with Gasteiger partial charge in [0.2, 0.25) is 0 Å². The summed E-state index contributed by atoms with van der Waals surface area (Å²) < 4.78 is 0. The summed E-state index contributed by atoms with van der Waals surface area (Å²) in [6.07, 6.45) is 0. The van der Waals surface area contributed by atoms with Gasteiger partial charge in [-0.25, -0.2) is 0 Å². The Kier molecular flexibility index (Phi) is 3.63. The molecule has 0 heterocycles. The van der Waals surface area contributed by atoms with Crippen LogP contribution in [-0.4, -0.2) is 0 Å². The summed E-state index contributed by atoms with van der Waals surface area (Å²) in [6.45, 7) is 0. The number of nitriles is 2. The van der Waals surface area contributed by atoms with Crippen LogP contribution in [0.25, 0.3) is 0 Å². The van der Waals surface area contributed by atoms with E-state index in [9.17, 15) is 5.26 Å². The maximum atomic E-state index is 9.33. The Labute approximate surface area is 111 Å². The van der Waals surface area contributed by atoms with Gasteiger partial charge in [-0.05, 0) is 23.3 Å². The van der Waals surface area contributed by atoms with Crippen LogP contribution in [0.4, 0.5) is 0 Å². The molecule has 86 valence electrons. The predicted octanol–water partition coefficient (Wildman–Crippen LogP) is 3.87. The van der Waals surface area contributed by atoms with E-state index < -0.39 is 5.92 Å². The van der Waals surface area contributed by atoms with E-state index in [-0.39, 0.29) is 0 Å². The number of nitrogens with zero attached hydrogens (tertiary/aromatic N) is 2. The lowest BCUT2D eigenvalue weighted by molar-refractivity contribution is 1.03. The minimum atomic E-state index is -0.446. The number of benzene rings is 2. The van der Waals surface area contributed by atoms with Gasteiger partial charge in [-0.1, -0.05) is 48.0 Å². The highest BCUT2D eigenvalue weighted by atomic mass is 35.5. The van der Waals surface area contributed by atoms with Crippen molar-refractivity contribution in [2.24, 2.45) is 0 Å². The average molecular weight is 253 g/mol. The lowest BCUT2D eigenvalue weighted by Crippen LogP contribution is -2.00. The molecule has 0 spiro atoms. The summed E-state index contributed by atoms with van der Waals surface area (Å²) in [5, 5.41) is 18.9. The van der Waals surface area contributed by atoms with E-state index in [1.54, 1.807) is 18.2 Å². The Morgan fingerprint density at radius 3 is 2.33 bits per heavy atom. The molecular weight excluding hydrogens is 244 g/mol. The van der Waals surface area contributed by atoms with Crippen molar-refractivity contribution in [1.29, 1.82) is 10.5 Å². The molecule has 0 aliphatic rings. The maximum Gasteiger partial charge on any atom is 0.0995 e. The predicted molar refractivity (Wildman–Crippen MR) is 70.1 cm³/mol. The highest BCUT2D eigenvalue weighted by Crippen LogP contribution is 2.28. The van der Waals surface area contributed by atoms with Crippen molar-refractivity contribution in [2.45, 2.75) is 5.92 Å². The molecule has 1 atom stereocenters. The standard InChI is InChI=1S/C15H9ClN2/c16-13-6-7-14(12(8-13)9-17)15(10-18)11-4-2-1-3-5-11/h1-8,15H. The first-order valence-corrected chi connectivity index (χ1v) is 5.78. The molecule has 0 saturated heterocycles. The van der Waals surface area contributed by atoms with Crippen LogP contribution in [0.3, 0.4) is 0 Å². The first-order valence-electron chi connectivity index (χ1n) is 5.40. The Morgan fingerprint density at radius 2 is 1.72 bits per heavy atom. The lowest BCUT2D eigenvalue weighted by Gasteiger charge is -2.11. The van der Waals surface area contributed by atoms with Gasteiger partial charge in [0.05, 0.1) is 23.6 Å². The van der Waals surface area contributed by atoms with E-state index in [1.807, 2.05) is 30.3 Å². The summed E-state index contributed by atoms with van der Waals surface area (Å²) in [5.41, 5.74) is 2.01. The first kappa shape index (κ1) is 12.2. The Bertz CT molecular complexity index is 636. The van der Waals surface area contributed by atoms with Gasteiger partial charge >= 0.3 is 0 Å². The Hall–Kier alpha value is -2.29. The van der Waals surface area contributed by atoms with Crippen LogP contribution in [0.15, 0.2) is 48.5 Å². The summed E-state index contributed by atoms with van der Waals surface area (Å²) in [4.78, 5) is 0. The van der Waals surface area contributed by atoms with Crippen LogP contribution in [0, 0.1) is 22.7 Å². The van der Waals surface area contributed by atoms with Gasteiger partial charge < -0.3 is 0 Å². The van der Waals surface area contributed by atoms with E-state index in [0.29, 0.717) is 16.1 Å². The molecule has 0 aromatic heterocycles. The van der Waals surface area contributed by atoms with Gasteiger partial charge in [-0.15, -0.1) is 0 Å². The van der Waals surface area contributed by atoms with Crippen molar-refractivity contribution in [3.8, 4) is 12.1 Å². The van der Waals surface area contributed by atoms with Crippen LogP contribution in [0.1, 0.15) is 22.6 Å². The first-order chi connectivity index (χ1) is 8.76. The molecule has 2 aromatic rings. The third kappa shape index (κ3) is 2.35. The highest BCUT2D eigenvalue weighted by molar-refractivity contribution is 6.30. The van der Waals surface area contributed by atoms with Crippen molar-refractivity contribution in [3.63, 3.8) is 0 Å². The molecule has 1 unspecified atom stereocenters. The van der Waals surface area contributed by atoms with Crippen LogP contribution in [0.5, 0.6) is 0 Å². The molecule has 0 aliphatic heterocycles. The molecule has 0 bridgehead atoms. The van der Waals surface area contributed by atoms with Gasteiger partial charge in [0.15, 0.2) is 0 Å². The van der Waals surface area contributed by atoms with Crippen LogP contribution in [-0.2, 0) is 0 Å². The van der Waals surface area contributed by atoms with Crippen molar-refractivity contribution in [3.05, 3.63) is 70.2 Å². The number of hydrogen-bond acceptors (Lipinski definition) is 2. The minimum absolute atomic E-state index is 0.443. The molecule has 0 saturated carbocycles. The molecule has 2 nitrogen and oxygen atoms in total. The van der Waals surface area contributed by atoms with Gasteiger partial charge in [0, 0.05) is 5.02 Å². The van der Waals surface area contributed by atoms with Crippen molar-refractivity contribution >= 4 is 11.6 Å². The Morgan fingerprint density at radius 1 is 1.00 bits per heavy atom. The monoisotopic (exact) mass is 252 g/mol. The molecule has 0 radical (unpaired) electrons. The number of hydrogen-bond donors (Lipinski definition) is 0. The van der Waals surface area contributed by atoms with E-state index in [1.165, 1.54) is 0 Å². The second-order valence-electron chi connectivity index (χ2n) is 3.82. The molecule has 0 amide bonds. The fourth-order valence-corrected chi connectivity index (χ4v) is 2.02. The molecule has 0 fully saturated rings.